The van der Waals surface area contributed by atoms with E-state index in [1.807, 2.05) is 0 Å². The number of allylic oxidation sites excluding steroid dienone is 4. The number of hydrogen-bond donors (Lipinski definition) is 1. The highest BCUT2D eigenvalue weighted by atomic mass is 32.3. The van der Waals surface area contributed by atoms with Crippen molar-refractivity contribution in [1.29, 1.82) is 0 Å². The van der Waals surface area contributed by atoms with Gasteiger partial charge in [0.1, 0.15) is 12.6 Å². The minimum absolute atomic E-state index is 0.467. The summed E-state index contributed by atoms with van der Waals surface area (Å²) in [6.45, 7) is 11.2. The quantitative estimate of drug-likeness (QED) is 0.0229. The Morgan fingerprint density at radius 2 is 1.00 bits per heavy atom. The van der Waals surface area contributed by atoms with E-state index in [1.165, 1.54) is 205 Å². The lowest BCUT2D eigenvalue weighted by Crippen LogP contribution is -2.54. The normalized spacial score (nSPS) is 17.8. The maximum Gasteiger partial charge on any atom is 0.217 e. The average molecular weight is 740 g/mol. The second-order valence-corrected chi connectivity index (χ2v) is 16.3. The van der Waals surface area contributed by atoms with Crippen LogP contribution in [0.1, 0.15) is 207 Å². The van der Waals surface area contributed by atoms with E-state index in [-0.39, 0.29) is 0 Å². The Hall–Kier alpha value is -1.06. The molecular weight excluding hydrogens is 655 g/mol. The smallest absolute Gasteiger partial charge is 0.217 e. The van der Waals surface area contributed by atoms with Crippen LogP contribution in [-0.4, -0.2) is 62.6 Å². The Bertz CT molecular complexity index is 953. The SMILES string of the molecule is CCCCCCCC/C=C\CCCCCCCCC1=NC(C)C[N+]1(CCN)CCCCCCCC/C=C\CCCCCCCC.COS(=O)(=O)[O-]. The lowest BCUT2D eigenvalue weighted by molar-refractivity contribution is -0.837. The van der Waals surface area contributed by atoms with Crippen LogP contribution in [0.5, 0.6) is 0 Å². The summed E-state index contributed by atoms with van der Waals surface area (Å²) in [6.07, 6.45) is 49.4. The number of nitrogens with two attached hydrogens (primary N) is 1. The molecule has 0 aliphatic carbocycles. The van der Waals surface area contributed by atoms with Crippen LogP contribution < -0.4 is 5.73 Å². The zero-order chi connectivity index (χ0) is 37.7. The van der Waals surface area contributed by atoms with E-state index in [0.29, 0.717) is 6.04 Å². The first-order chi connectivity index (χ1) is 24.7. The van der Waals surface area contributed by atoms with Crippen molar-refractivity contribution in [2.45, 2.75) is 213 Å². The minimum Gasteiger partial charge on any atom is -0.726 e. The summed E-state index contributed by atoms with van der Waals surface area (Å²) in [5, 5.41) is 0. The van der Waals surface area contributed by atoms with E-state index in [2.05, 4.69) is 49.3 Å². The highest BCUT2D eigenvalue weighted by Gasteiger charge is 2.39. The van der Waals surface area contributed by atoms with E-state index >= 15 is 0 Å². The summed E-state index contributed by atoms with van der Waals surface area (Å²) in [4.78, 5) is 5.18. The molecule has 8 heteroatoms. The standard InChI is InChI=1S/C42H82N3.CH4O4S/c1-4-6-8-10-12-14-16-18-20-22-24-26-28-30-32-34-36-42-44-41(3)40-45(42,39-37-43)38-35-33-31-29-27-25-23-21-19-17-15-13-11-9-7-5-2;1-5-6(2,3)4/h18-21,41H,4-17,22-40,43H2,1-3H3;1H3,(H,2,3,4)/q+1;/p-1/b20-18-,21-19-;. The average Bonchev–Trinajstić information content (AvgIpc) is 3.41. The molecule has 1 aliphatic heterocycles. The van der Waals surface area contributed by atoms with E-state index in [0.717, 1.165) is 24.7 Å². The van der Waals surface area contributed by atoms with E-state index in [4.69, 9.17) is 10.7 Å². The molecule has 0 saturated carbocycles. The first-order valence-electron chi connectivity index (χ1n) is 21.7. The fourth-order valence-electron chi connectivity index (χ4n) is 7.32. The number of aliphatic imine (C=N–C) groups is 1. The molecule has 1 rings (SSSR count). The van der Waals surface area contributed by atoms with Crippen molar-refractivity contribution in [3.8, 4) is 0 Å². The van der Waals surface area contributed by atoms with Crippen LogP contribution in [-0.2, 0) is 14.6 Å². The molecule has 0 bridgehead atoms. The molecule has 0 spiro atoms. The van der Waals surface area contributed by atoms with E-state index < -0.39 is 10.4 Å². The van der Waals surface area contributed by atoms with Crippen LogP contribution in [0.4, 0.5) is 0 Å². The predicted molar refractivity (Wildman–Crippen MR) is 221 cm³/mol. The molecule has 2 atom stereocenters. The first kappa shape index (κ1) is 49.9. The number of quaternary nitrogens is 1. The second-order valence-electron chi connectivity index (χ2n) is 15.2. The maximum absolute atomic E-state index is 9.22. The summed E-state index contributed by atoms with van der Waals surface area (Å²) < 4.78 is 32.1. The molecule has 7 nitrogen and oxygen atoms in total. The Morgan fingerprint density at radius 3 is 1.37 bits per heavy atom. The Kier molecular flexibility index (Phi) is 35.2. The van der Waals surface area contributed by atoms with Crippen molar-refractivity contribution >= 4 is 16.2 Å². The third kappa shape index (κ3) is 32.1. The van der Waals surface area contributed by atoms with Gasteiger partial charge in [-0.05, 0) is 77.6 Å². The van der Waals surface area contributed by atoms with Gasteiger partial charge in [-0.25, -0.2) is 13.4 Å². The van der Waals surface area contributed by atoms with Gasteiger partial charge in [-0.15, -0.1) is 0 Å². The molecule has 0 saturated heterocycles. The van der Waals surface area contributed by atoms with E-state index in [9.17, 15) is 13.0 Å². The van der Waals surface area contributed by atoms with E-state index in [1.54, 1.807) is 0 Å². The fourth-order valence-corrected chi connectivity index (χ4v) is 7.32. The van der Waals surface area contributed by atoms with Crippen LogP contribution in [0.25, 0.3) is 0 Å². The van der Waals surface area contributed by atoms with Crippen LogP contribution in [0.2, 0.25) is 0 Å². The van der Waals surface area contributed by atoms with Gasteiger partial charge in [0, 0.05) is 13.0 Å². The highest BCUT2D eigenvalue weighted by Crippen LogP contribution is 2.25. The lowest BCUT2D eigenvalue weighted by atomic mass is 10.1. The summed E-state index contributed by atoms with van der Waals surface area (Å²) >= 11 is 0. The second kappa shape index (κ2) is 35.9. The summed E-state index contributed by atoms with van der Waals surface area (Å²) in [5.41, 5.74) is 6.17. The summed E-state index contributed by atoms with van der Waals surface area (Å²) in [7, 11) is -3.60. The summed E-state index contributed by atoms with van der Waals surface area (Å²) in [5.74, 6) is 1.48. The van der Waals surface area contributed by atoms with Gasteiger partial charge in [0.2, 0.25) is 10.4 Å². The van der Waals surface area contributed by atoms with Gasteiger partial charge in [-0.1, -0.05) is 147 Å². The molecule has 0 fully saturated rings. The Balaban J connectivity index is 0.00000381. The topological polar surface area (TPSA) is 105 Å². The Labute approximate surface area is 318 Å². The molecule has 0 aromatic rings. The molecule has 1 heterocycles. The largest absolute Gasteiger partial charge is 0.726 e. The highest BCUT2D eigenvalue weighted by molar-refractivity contribution is 7.80. The summed E-state index contributed by atoms with van der Waals surface area (Å²) in [6, 6.07) is 0.467. The minimum atomic E-state index is -4.41. The zero-order valence-electron chi connectivity index (χ0n) is 34.2. The monoisotopic (exact) mass is 740 g/mol. The third-order valence-electron chi connectivity index (χ3n) is 10.3. The molecule has 2 N–H and O–H groups in total. The molecule has 1 aliphatic rings. The van der Waals surface area contributed by atoms with Crippen molar-refractivity contribution in [2.75, 3.05) is 33.3 Å². The van der Waals surface area contributed by atoms with Crippen LogP contribution in [0, 0.1) is 0 Å². The number of hydrogen-bond acceptors (Lipinski definition) is 6. The molecule has 0 aromatic heterocycles. The number of rotatable bonds is 35. The van der Waals surface area contributed by atoms with Crippen LogP contribution in [0.3, 0.4) is 0 Å². The van der Waals surface area contributed by atoms with Crippen molar-refractivity contribution in [3.05, 3.63) is 24.3 Å². The molecular formula is C43H85N3O4S. The Morgan fingerprint density at radius 1 is 0.647 bits per heavy atom. The molecule has 0 aromatic carbocycles. The van der Waals surface area contributed by atoms with Gasteiger partial charge in [0.05, 0.1) is 20.2 Å². The molecule has 0 amide bonds. The molecule has 302 valence electrons. The lowest BCUT2D eigenvalue weighted by Gasteiger charge is -2.35. The van der Waals surface area contributed by atoms with Crippen molar-refractivity contribution < 1.29 is 21.6 Å². The van der Waals surface area contributed by atoms with Gasteiger partial charge in [-0.3, -0.25) is 8.67 Å². The maximum atomic E-state index is 9.22. The number of amidine groups is 1. The van der Waals surface area contributed by atoms with Crippen LogP contribution in [0.15, 0.2) is 29.3 Å². The van der Waals surface area contributed by atoms with Gasteiger partial charge < -0.3 is 10.3 Å². The third-order valence-corrected chi connectivity index (χ3v) is 10.7. The van der Waals surface area contributed by atoms with Crippen molar-refractivity contribution in [2.24, 2.45) is 10.7 Å². The van der Waals surface area contributed by atoms with Crippen molar-refractivity contribution in [1.82, 2.24) is 0 Å². The zero-order valence-corrected chi connectivity index (χ0v) is 35.1. The van der Waals surface area contributed by atoms with Crippen molar-refractivity contribution in [3.63, 3.8) is 0 Å². The fraction of sp³-hybridized carbons (Fsp3) is 0.884. The van der Waals surface area contributed by atoms with Gasteiger partial charge in [0.25, 0.3) is 0 Å². The molecule has 51 heavy (non-hydrogen) atoms. The van der Waals surface area contributed by atoms with Gasteiger partial charge in [-0.2, -0.15) is 0 Å². The van der Waals surface area contributed by atoms with Gasteiger partial charge in [0.15, 0.2) is 5.84 Å². The molecule has 2 unspecified atom stereocenters. The first-order valence-corrected chi connectivity index (χ1v) is 23.0. The predicted octanol–water partition coefficient (Wildman–Crippen LogP) is 12.1. The molecule has 0 radical (unpaired) electrons. The number of nitrogens with zero attached hydrogens (tertiary/aromatic N) is 2. The number of unbranched alkanes of at least 4 members (excludes halogenated alkanes) is 24. The van der Waals surface area contributed by atoms with Crippen LogP contribution >= 0.6 is 0 Å². The van der Waals surface area contributed by atoms with Gasteiger partial charge >= 0.3 is 0 Å².